The van der Waals surface area contributed by atoms with E-state index in [0.717, 1.165) is 28.9 Å². The van der Waals surface area contributed by atoms with Gasteiger partial charge in [-0.3, -0.25) is 0 Å². The second kappa shape index (κ2) is 5.06. The number of rotatable bonds is 3. The summed E-state index contributed by atoms with van der Waals surface area (Å²) in [5.74, 6) is 0.863. The molecule has 2 atom stereocenters. The van der Waals surface area contributed by atoms with Crippen LogP contribution in [-0.4, -0.2) is 25.9 Å². The van der Waals surface area contributed by atoms with Crippen LogP contribution in [0.15, 0.2) is 22.7 Å². The molecule has 0 spiro atoms. The Morgan fingerprint density at radius 2 is 2.31 bits per heavy atom. The molecule has 1 heterocycles. The fourth-order valence-corrected chi connectivity index (χ4v) is 2.28. The maximum Gasteiger partial charge on any atom is 0.142 e. The highest BCUT2D eigenvalue weighted by Crippen LogP contribution is 2.30. The smallest absolute Gasteiger partial charge is 0.142 e. The third-order valence-corrected chi connectivity index (χ3v) is 3.37. The normalized spacial score (nSPS) is 24.4. The Morgan fingerprint density at radius 1 is 1.50 bits per heavy atom. The summed E-state index contributed by atoms with van der Waals surface area (Å²) < 4.78 is 11.9. The number of hydrogen-bond acceptors (Lipinski definition) is 3. The van der Waals surface area contributed by atoms with Crippen LogP contribution < -0.4 is 10.1 Å². The molecule has 0 saturated carbocycles. The number of hydrogen-bond donors (Lipinski definition) is 1. The van der Waals surface area contributed by atoms with Crippen molar-refractivity contribution in [3.63, 3.8) is 0 Å². The summed E-state index contributed by atoms with van der Waals surface area (Å²) in [6.07, 6.45) is 1.29. The van der Waals surface area contributed by atoms with Crippen molar-refractivity contribution in [1.29, 1.82) is 0 Å². The quantitative estimate of drug-likeness (QED) is 0.926. The highest BCUT2D eigenvalue weighted by molar-refractivity contribution is 9.10. The maximum absolute atomic E-state index is 5.53. The van der Waals surface area contributed by atoms with E-state index in [1.807, 2.05) is 18.2 Å². The van der Waals surface area contributed by atoms with Gasteiger partial charge in [-0.05, 0) is 31.5 Å². The topological polar surface area (TPSA) is 30.5 Å². The first-order valence-electron chi connectivity index (χ1n) is 5.42. The van der Waals surface area contributed by atoms with Gasteiger partial charge in [-0.25, -0.2) is 0 Å². The van der Waals surface area contributed by atoms with Crippen LogP contribution >= 0.6 is 15.9 Å². The first-order valence-corrected chi connectivity index (χ1v) is 6.21. The van der Waals surface area contributed by atoms with E-state index >= 15 is 0 Å². The molecule has 1 N–H and O–H groups in total. The lowest BCUT2D eigenvalue weighted by molar-refractivity contribution is 0.121. The van der Waals surface area contributed by atoms with Crippen molar-refractivity contribution in [1.82, 2.24) is 0 Å². The lowest BCUT2D eigenvalue weighted by Crippen LogP contribution is -2.26. The molecular formula is C12H16BrNO2. The van der Waals surface area contributed by atoms with Crippen LogP contribution in [0.2, 0.25) is 0 Å². The highest BCUT2D eigenvalue weighted by atomic mass is 79.9. The lowest BCUT2D eigenvalue weighted by atomic mass is 10.1. The maximum atomic E-state index is 5.53. The Balaban J connectivity index is 2.16. The molecule has 1 fully saturated rings. The summed E-state index contributed by atoms with van der Waals surface area (Å²) in [5, 5.41) is 3.47. The van der Waals surface area contributed by atoms with Gasteiger partial charge in [0.15, 0.2) is 0 Å². The average Bonchev–Trinajstić information content (AvgIpc) is 2.65. The molecule has 1 aromatic rings. The highest BCUT2D eigenvalue weighted by Gasteiger charge is 2.24. The van der Waals surface area contributed by atoms with Crippen LogP contribution in [0.3, 0.4) is 0 Å². The van der Waals surface area contributed by atoms with Crippen molar-refractivity contribution < 1.29 is 9.47 Å². The van der Waals surface area contributed by atoms with E-state index in [9.17, 15) is 0 Å². The minimum atomic E-state index is 0.253. The molecule has 0 bridgehead atoms. The molecule has 1 aliphatic heterocycles. The third-order valence-electron chi connectivity index (χ3n) is 2.88. The minimum Gasteiger partial charge on any atom is -0.495 e. The Hall–Kier alpha value is -0.740. The molecule has 1 saturated heterocycles. The van der Waals surface area contributed by atoms with Gasteiger partial charge in [0.2, 0.25) is 0 Å². The van der Waals surface area contributed by atoms with Crippen molar-refractivity contribution in [2.75, 3.05) is 19.0 Å². The molecule has 0 radical (unpaired) electrons. The zero-order chi connectivity index (χ0) is 11.5. The monoisotopic (exact) mass is 285 g/mol. The number of benzene rings is 1. The van der Waals surface area contributed by atoms with Gasteiger partial charge in [-0.1, -0.05) is 15.9 Å². The van der Waals surface area contributed by atoms with Crippen molar-refractivity contribution in [3.8, 4) is 5.75 Å². The number of methoxy groups -OCH3 is 1. The van der Waals surface area contributed by atoms with Crippen LogP contribution in [-0.2, 0) is 4.74 Å². The van der Waals surface area contributed by atoms with Crippen LogP contribution in [0, 0.1) is 0 Å². The van der Waals surface area contributed by atoms with Gasteiger partial charge < -0.3 is 14.8 Å². The van der Waals surface area contributed by atoms with E-state index in [-0.39, 0.29) is 6.10 Å². The fourth-order valence-electron chi connectivity index (χ4n) is 1.91. The molecule has 1 aromatic carbocycles. The predicted octanol–water partition coefficient (Wildman–Crippen LogP) is 3.05. The van der Waals surface area contributed by atoms with E-state index < -0.39 is 0 Å². The molecule has 2 rings (SSSR count). The van der Waals surface area contributed by atoms with Gasteiger partial charge in [-0.15, -0.1) is 0 Å². The predicted molar refractivity (Wildman–Crippen MR) is 68.1 cm³/mol. The summed E-state index contributed by atoms with van der Waals surface area (Å²) in [6, 6.07) is 6.32. The van der Waals surface area contributed by atoms with Gasteiger partial charge in [0.25, 0.3) is 0 Å². The number of ether oxygens (including phenoxy) is 2. The third kappa shape index (κ3) is 2.50. The van der Waals surface area contributed by atoms with Crippen molar-refractivity contribution in [3.05, 3.63) is 22.7 Å². The molecule has 4 heteroatoms. The first kappa shape index (κ1) is 11.7. The second-order valence-electron chi connectivity index (χ2n) is 3.96. The van der Waals surface area contributed by atoms with E-state index in [0.29, 0.717) is 6.04 Å². The summed E-state index contributed by atoms with van der Waals surface area (Å²) >= 11 is 3.46. The second-order valence-corrected chi connectivity index (χ2v) is 4.88. The Bertz CT molecular complexity index is 370. The summed E-state index contributed by atoms with van der Waals surface area (Å²) in [4.78, 5) is 0. The molecule has 0 amide bonds. The SMILES string of the molecule is COc1ccc(Br)cc1NC1CCOC1C. The summed E-state index contributed by atoms with van der Waals surface area (Å²) in [7, 11) is 1.68. The molecular weight excluding hydrogens is 270 g/mol. The minimum absolute atomic E-state index is 0.253. The fraction of sp³-hybridized carbons (Fsp3) is 0.500. The molecule has 2 unspecified atom stereocenters. The van der Waals surface area contributed by atoms with E-state index in [1.165, 1.54) is 0 Å². The molecule has 0 aromatic heterocycles. The van der Waals surface area contributed by atoms with E-state index in [2.05, 4.69) is 28.2 Å². The molecule has 3 nitrogen and oxygen atoms in total. The number of nitrogens with one attached hydrogen (secondary N) is 1. The Labute approximate surface area is 104 Å². The van der Waals surface area contributed by atoms with Gasteiger partial charge in [-0.2, -0.15) is 0 Å². The Kier molecular flexibility index (Phi) is 3.71. The first-order chi connectivity index (χ1) is 7.70. The van der Waals surface area contributed by atoms with Gasteiger partial charge in [0, 0.05) is 11.1 Å². The molecule has 88 valence electrons. The molecule has 1 aliphatic rings. The van der Waals surface area contributed by atoms with Gasteiger partial charge in [0.05, 0.1) is 24.9 Å². The van der Waals surface area contributed by atoms with Gasteiger partial charge >= 0.3 is 0 Å². The number of halogens is 1. The zero-order valence-corrected chi connectivity index (χ0v) is 11.1. The van der Waals surface area contributed by atoms with Crippen LogP contribution in [0.5, 0.6) is 5.75 Å². The van der Waals surface area contributed by atoms with Crippen molar-refractivity contribution in [2.45, 2.75) is 25.5 Å². The van der Waals surface area contributed by atoms with Gasteiger partial charge in [0.1, 0.15) is 5.75 Å². The van der Waals surface area contributed by atoms with Crippen LogP contribution in [0.25, 0.3) is 0 Å². The Morgan fingerprint density at radius 3 is 2.94 bits per heavy atom. The van der Waals surface area contributed by atoms with Crippen molar-refractivity contribution >= 4 is 21.6 Å². The largest absolute Gasteiger partial charge is 0.495 e. The van der Waals surface area contributed by atoms with Crippen LogP contribution in [0.1, 0.15) is 13.3 Å². The summed E-state index contributed by atoms with van der Waals surface area (Å²) in [5.41, 5.74) is 1.01. The average molecular weight is 286 g/mol. The summed E-state index contributed by atoms with van der Waals surface area (Å²) in [6.45, 7) is 2.92. The van der Waals surface area contributed by atoms with E-state index in [1.54, 1.807) is 7.11 Å². The van der Waals surface area contributed by atoms with E-state index in [4.69, 9.17) is 9.47 Å². The molecule has 0 aliphatic carbocycles. The zero-order valence-electron chi connectivity index (χ0n) is 9.50. The lowest BCUT2D eigenvalue weighted by Gasteiger charge is -2.19. The standard InChI is InChI=1S/C12H16BrNO2/c1-8-10(5-6-16-8)14-11-7-9(13)3-4-12(11)15-2/h3-4,7-8,10,14H,5-6H2,1-2H3. The van der Waals surface area contributed by atoms with Crippen LogP contribution in [0.4, 0.5) is 5.69 Å². The van der Waals surface area contributed by atoms with Crippen molar-refractivity contribution in [2.24, 2.45) is 0 Å². The molecule has 16 heavy (non-hydrogen) atoms. The number of anilines is 1.